The molecule has 1 atom stereocenters. The fourth-order valence-corrected chi connectivity index (χ4v) is 4.64. The molecule has 30 heavy (non-hydrogen) atoms. The second-order valence-corrected chi connectivity index (χ2v) is 7.90. The Morgan fingerprint density at radius 3 is 2.43 bits per heavy atom. The number of anilines is 1. The normalized spacial score (nSPS) is 16.1. The minimum atomic E-state index is -0.191. The van der Waals surface area contributed by atoms with Crippen LogP contribution in [-0.4, -0.2) is 41.0 Å². The van der Waals surface area contributed by atoms with Gasteiger partial charge in [0.05, 0.1) is 6.04 Å². The predicted octanol–water partition coefficient (Wildman–Crippen LogP) is 4.92. The van der Waals surface area contributed by atoms with Crippen molar-refractivity contribution in [1.29, 1.82) is 0 Å². The van der Waals surface area contributed by atoms with Crippen molar-refractivity contribution in [2.24, 2.45) is 0 Å². The van der Waals surface area contributed by atoms with Gasteiger partial charge in [0.1, 0.15) is 5.82 Å². The first-order valence-electron chi connectivity index (χ1n) is 10.4. The third-order valence-corrected chi connectivity index (χ3v) is 6.09. The first kappa shape index (κ1) is 18.8. The maximum atomic E-state index is 13.3. The van der Waals surface area contributed by atoms with E-state index in [9.17, 15) is 4.39 Å². The number of aromatic amines is 1. The van der Waals surface area contributed by atoms with Gasteiger partial charge in [-0.25, -0.2) is 4.39 Å². The van der Waals surface area contributed by atoms with Crippen molar-refractivity contribution in [2.45, 2.75) is 13.0 Å². The standard InChI is InChI=1S/C25H25FN4/c1-18-24(22-6-2-3-7-23(22)28-18)25(19-5-4-12-27-17-19)30-15-13-29(14-16-30)21-10-8-20(26)9-11-21/h2-12,17,25,28H,13-16H2,1H3. The molecule has 2 aromatic carbocycles. The van der Waals surface area contributed by atoms with Gasteiger partial charge in [-0.3, -0.25) is 9.88 Å². The number of rotatable bonds is 4. The highest BCUT2D eigenvalue weighted by atomic mass is 19.1. The summed E-state index contributed by atoms with van der Waals surface area (Å²) >= 11 is 0. The zero-order chi connectivity index (χ0) is 20.5. The molecule has 4 aromatic rings. The Hall–Kier alpha value is -3.18. The van der Waals surface area contributed by atoms with E-state index in [0.717, 1.165) is 31.9 Å². The van der Waals surface area contributed by atoms with Crippen LogP contribution < -0.4 is 4.90 Å². The van der Waals surface area contributed by atoms with Gasteiger partial charge in [0.15, 0.2) is 0 Å². The molecule has 0 radical (unpaired) electrons. The number of pyridine rings is 1. The number of benzene rings is 2. The van der Waals surface area contributed by atoms with Crippen LogP contribution in [0.4, 0.5) is 10.1 Å². The Labute approximate surface area is 176 Å². The summed E-state index contributed by atoms with van der Waals surface area (Å²) in [4.78, 5) is 12.8. The molecule has 1 aliphatic heterocycles. The van der Waals surface area contributed by atoms with Gasteiger partial charge in [0.2, 0.25) is 0 Å². The molecule has 5 heteroatoms. The van der Waals surface area contributed by atoms with Crippen LogP contribution in [0, 0.1) is 12.7 Å². The summed E-state index contributed by atoms with van der Waals surface area (Å²) in [5, 5.41) is 1.27. The van der Waals surface area contributed by atoms with Gasteiger partial charge in [0.25, 0.3) is 0 Å². The SMILES string of the molecule is Cc1[nH]c2ccccc2c1C(c1cccnc1)N1CCN(c2ccc(F)cc2)CC1. The highest BCUT2D eigenvalue weighted by Crippen LogP contribution is 2.36. The molecule has 1 aliphatic rings. The number of nitrogens with zero attached hydrogens (tertiary/aromatic N) is 3. The fraction of sp³-hybridized carbons (Fsp3) is 0.240. The van der Waals surface area contributed by atoms with E-state index in [2.05, 4.69) is 57.0 Å². The summed E-state index contributed by atoms with van der Waals surface area (Å²) in [5.41, 5.74) is 5.99. The first-order valence-corrected chi connectivity index (χ1v) is 10.4. The number of fused-ring (bicyclic) bond motifs is 1. The van der Waals surface area contributed by atoms with Crippen LogP contribution in [-0.2, 0) is 0 Å². The number of H-pyrrole nitrogens is 1. The van der Waals surface area contributed by atoms with Crippen molar-refractivity contribution in [3.63, 3.8) is 0 Å². The van der Waals surface area contributed by atoms with Gasteiger partial charge in [-0.15, -0.1) is 0 Å². The minimum Gasteiger partial charge on any atom is -0.369 e. The zero-order valence-electron chi connectivity index (χ0n) is 17.1. The average Bonchev–Trinajstić information content (AvgIpc) is 3.12. The van der Waals surface area contributed by atoms with Crippen LogP contribution in [0.3, 0.4) is 0 Å². The van der Waals surface area contributed by atoms with Gasteiger partial charge in [0, 0.05) is 66.4 Å². The Balaban J connectivity index is 1.48. The zero-order valence-corrected chi connectivity index (χ0v) is 17.1. The lowest BCUT2D eigenvalue weighted by atomic mass is 9.95. The van der Waals surface area contributed by atoms with Crippen LogP contribution in [0.25, 0.3) is 10.9 Å². The lowest BCUT2D eigenvalue weighted by Gasteiger charge is -2.40. The molecule has 3 heterocycles. The number of hydrogen-bond donors (Lipinski definition) is 1. The number of aromatic nitrogens is 2. The molecule has 5 rings (SSSR count). The molecular weight excluding hydrogens is 375 g/mol. The molecule has 152 valence electrons. The molecule has 0 amide bonds. The molecular formula is C25H25FN4. The number of halogens is 1. The van der Waals surface area contributed by atoms with Crippen molar-refractivity contribution in [1.82, 2.24) is 14.9 Å². The van der Waals surface area contributed by atoms with Crippen LogP contribution in [0.2, 0.25) is 0 Å². The molecule has 1 N–H and O–H groups in total. The monoisotopic (exact) mass is 400 g/mol. The van der Waals surface area contributed by atoms with Crippen molar-refractivity contribution in [3.8, 4) is 0 Å². The van der Waals surface area contributed by atoms with Gasteiger partial charge >= 0.3 is 0 Å². The Morgan fingerprint density at radius 2 is 1.70 bits per heavy atom. The second-order valence-electron chi connectivity index (χ2n) is 7.90. The lowest BCUT2D eigenvalue weighted by Crippen LogP contribution is -2.48. The van der Waals surface area contributed by atoms with Crippen molar-refractivity contribution in [2.75, 3.05) is 31.1 Å². The number of nitrogens with one attached hydrogen (secondary N) is 1. The molecule has 0 saturated carbocycles. The molecule has 0 spiro atoms. The predicted molar refractivity (Wildman–Crippen MR) is 119 cm³/mol. The van der Waals surface area contributed by atoms with E-state index in [-0.39, 0.29) is 11.9 Å². The number of piperazine rings is 1. The first-order chi connectivity index (χ1) is 14.7. The van der Waals surface area contributed by atoms with E-state index >= 15 is 0 Å². The Kier molecular flexibility index (Phi) is 4.97. The second kappa shape index (κ2) is 7.92. The van der Waals surface area contributed by atoms with E-state index < -0.39 is 0 Å². The maximum absolute atomic E-state index is 13.3. The topological polar surface area (TPSA) is 35.2 Å². The van der Waals surface area contributed by atoms with E-state index in [0.29, 0.717) is 0 Å². The van der Waals surface area contributed by atoms with E-state index in [1.807, 2.05) is 30.6 Å². The molecule has 4 nitrogen and oxygen atoms in total. The average molecular weight is 401 g/mol. The largest absolute Gasteiger partial charge is 0.369 e. The van der Waals surface area contributed by atoms with Crippen molar-refractivity contribution >= 4 is 16.6 Å². The van der Waals surface area contributed by atoms with Gasteiger partial charge < -0.3 is 9.88 Å². The summed E-state index contributed by atoms with van der Waals surface area (Å²) in [6.45, 7) is 5.83. The maximum Gasteiger partial charge on any atom is 0.123 e. The summed E-state index contributed by atoms with van der Waals surface area (Å²) in [6, 6.07) is 19.7. The minimum absolute atomic E-state index is 0.144. The summed E-state index contributed by atoms with van der Waals surface area (Å²) in [6.07, 6.45) is 3.81. The quantitative estimate of drug-likeness (QED) is 0.528. The number of hydrogen-bond acceptors (Lipinski definition) is 3. The fourth-order valence-electron chi connectivity index (χ4n) is 4.64. The van der Waals surface area contributed by atoms with Crippen molar-refractivity contribution < 1.29 is 4.39 Å². The third-order valence-electron chi connectivity index (χ3n) is 6.09. The molecule has 1 fully saturated rings. The molecule has 0 aliphatic carbocycles. The summed E-state index contributed by atoms with van der Waals surface area (Å²) in [5.74, 6) is -0.191. The van der Waals surface area contributed by atoms with E-state index in [1.165, 1.54) is 39.9 Å². The van der Waals surface area contributed by atoms with Crippen molar-refractivity contribution in [3.05, 3.63) is 95.7 Å². The van der Waals surface area contributed by atoms with Gasteiger partial charge in [-0.2, -0.15) is 0 Å². The Morgan fingerprint density at radius 1 is 0.933 bits per heavy atom. The smallest absolute Gasteiger partial charge is 0.123 e. The highest BCUT2D eigenvalue weighted by molar-refractivity contribution is 5.85. The van der Waals surface area contributed by atoms with Crippen LogP contribution in [0.15, 0.2) is 73.1 Å². The van der Waals surface area contributed by atoms with Crippen LogP contribution in [0.5, 0.6) is 0 Å². The van der Waals surface area contributed by atoms with Crippen LogP contribution >= 0.6 is 0 Å². The molecule has 1 saturated heterocycles. The molecule has 0 bridgehead atoms. The number of para-hydroxylation sites is 1. The van der Waals surface area contributed by atoms with E-state index in [1.54, 1.807) is 0 Å². The summed E-state index contributed by atoms with van der Waals surface area (Å²) in [7, 11) is 0. The van der Waals surface area contributed by atoms with Gasteiger partial charge in [-0.1, -0.05) is 24.3 Å². The van der Waals surface area contributed by atoms with Gasteiger partial charge in [-0.05, 0) is 48.9 Å². The van der Waals surface area contributed by atoms with Crippen LogP contribution in [0.1, 0.15) is 22.9 Å². The Bertz CT molecular complexity index is 1130. The number of aryl methyl sites for hydroxylation is 1. The summed E-state index contributed by atoms with van der Waals surface area (Å²) < 4.78 is 13.3. The molecule has 2 aromatic heterocycles. The molecule has 1 unspecified atom stereocenters. The lowest BCUT2D eigenvalue weighted by molar-refractivity contribution is 0.212. The van der Waals surface area contributed by atoms with E-state index in [4.69, 9.17) is 0 Å². The highest BCUT2D eigenvalue weighted by Gasteiger charge is 2.29. The third kappa shape index (κ3) is 3.46.